The third-order valence-corrected chi connectivity index (χ3v) is 6.79. The van der Waals surface area contributed by atoms with Crippen molar-refractivity contribution in [3.63, 3.8) is 0 Å². The van der Waals surface area contributed by atoms with Gasteiger partial charge in [-0.05, 0) is 43.5 Å². The van der Waals surface area contributed by atoms with Crippen LogP contribution in [0.25, 0.3) is 0 Å². The van der Waals surface area contributed by atoms with Gasteiger partial charge in [-0.3, -0.25) is 4.79 Å². The molecule has 2 aromatic carbocycles. The van der Waals surface area contributed by atoms with Crippen LogP contribution in [0.1, 0.15) is 34.3 Å². The topological polar surface area (TPSA) is 57.7 Å². The van der Waals surface area contributed by atoms with E-state index < -0.39 is 10.0 Å². The highest BCUT2D eigenvalue weighted by molar-refractivity contribution is 7.89. The Bertz CT molecular complexity index is 928. The van der Waals surface area contributed by atoms with E-state index in [-0.39, 0.29) is 17.1 Å². The van der Waals surface area contributed by atoms with Gasteiger partial charge >= 0.3 is 0 Å². The lowest BCUT2D eigenvalue weighted by Gasteiger charge is -2.22. The molecule has 1 fully saturated rings. The monoisotopic (exact) mass is 386 g/mol. The standard InChI is InChI=1S/C21H26N2O3S/c1-16-6-8-17(9-7-16)14-21(24)19-15-18(27(25,26)22(2)3)10-11-20(19)23-12-4-5-13-23/h6-11,15H,4-5,12-14H2,1-3H3. The van der Waals surface area contributed by atoms with Gasteiger partial charge in [-0.2, -0.15) is 0 Å². The van der Waals surface area contributed by atoms with E-state index in [2.05, 4.69) is 4.90 Å². The Labute approximate surface area is 161 Å². The predicted octanol–water partition coefficient (Wildman–Crippen LogP) is 3.27. The van der Waals surface area contributed by atoms with Gasteiger partial charge in [0.15, 0.2) is 5.78 Å². The first kappa shape index (κ1) is 19.6. The van der Waals surface area contributed by atoms with Crippen molar-refractivity contribution >= 4 is 21.5 Å². The molecular weight excluding hydrogens is 360 g/mol. The molecule has 3 rings (SSSR count). The molecule has 0 amide bonds. The number of nitrogens with zero attached hydrogens (tertiary/aromatic N) is 2. The van der Waals surface area contributed by atoms with E-state index in [0.717, 1.165) is 42.7 Å². The number of carbonyl (C=O) groups is 1. The molecule has 6 heteroatoms. The lowest BCUT2D eigenvalue weighted by Crippen LogP contribution is -2.24. The van der Waals surface area contributed by atoms with Gasteiger partial charge in [-0.25, -0.2) is 12.7 Å². The SMILES string of the molecule is Cc1ccc(CC(=O)c2cc(S(=O)(=O)N(C)C)ccc2N2CCCC2)cc1. The summed E-state index contributed by atoms with van der Waals surface area (Å²) in [4.78, 5) is 15.4. The number of ketones is 1. The van der Waals surface area contributed by atoms with Gasteiger partial charge in [0.2, 0.25) is 10.0 Å². The van der Waals surface area contributed by atoms with Gasteiger partial charge in [0, 0.05) is 44.9 Å². The molecule has 1 saturated heterocycles. The molecule has 5 nitrogen and oxygen atoms in total. The van der Waals surface area contributed by atoms with Crippen molar-refractivity contribution in [2.24, 2.45) is 0 Å². The van der Waals surface area contributed by atoms with Crippen LogP contribution in [-0.2, 0) is 16.4 Å². The summed E-state index contributed by atoms with van der Waals surface area (Å²) in [6.07, 6.45) is 2.43. The summed E-state index contributed by atoms with van der Waals surface area (Å²) in [5, 5.41) is 0. The Morgan fingerprint density at radius 1 is 1.04 bits per heavy atom. The molecule has 0 N–H and O–H groups in total. The number of carbonyl (C=O) groups excluding carboxylic acids is 1. The van der Waals surface area contributed by atoms with Crippen molar-refractivity contribution in [2.75, 3.05) is 32.1 Å². The number of sulfonamides is 1. The number of hydrogen-bond donors (Lipinski definition) is 0. The molecule has 0 saturated carbocycles. The van der Waals surface area contributed by atoms with Gasteiger partial charge in [0.1, 0.15) is 0 Å². The molecule has 0 atom stereocenters. The molecule has 0 aromatic heterocycles. The number of aryl methyl sites for hydroxylation is 1. The van der Waals surface area contributed by atoms with Crippen molar-refractivity contribution in [2.45, 2.75) is 31.1 Å². The highest BCUT2D eigenvalue weighted by Gasteiger charge is 2.24. The molecule has 27 heavy (non-hydrogen) atoms. The van der Waals surface area contributed by atoms with Crippen LogP contribution in [0.3, 0.4) is 0 Å². The van der Waals surface area contributed by atoms with Crippen LogP contribution in [0, 0.1) is 6.92 Å². The molecule has 1 aliphatic heterocycles. The van der Waals surface area contributed by atoms with Crippen molar-refractivity contribution in [1.29, 1.82) is 0 Å². The minimum Gasteiger partial charge on any atom is -0.371 e. The molecular formula is C21H26N2O3S. The molecule has 0 bridgehead atoms. The van der Waals surface area contributed by atoms with E-state index in [4.69, 9.17) is 0 Å². The van der Waals surface area contributed by atoms with Crippen molar-refractivity contribution in [1.82, 2.24) is 4.31 Å². The summed E-state index contributed by atoms with van der Waals surface area (Å²) in [5.74, 6) is -0.0587. The van der Waals surface area contributed by atoms with E-state index in [1.807, 2.05) is 31.2 Å². The Balaban J connectivity index is 2.00. The molecule has 0 aliphatic carbocycles. The zero-order chi connectivity index (χ0) is 19.6. The Hall–Kier alpha value is -2.18. The van der Waals surface area contributed by atoms with Crippen LogP contribution in [0.2, 0.25) is 0 Å². The van der Waals surface area contributed by atoms with Crippen molar-refractivity contribution < 1.29 is 13.2 Å². The highest BCUT2D eigenvalue weighted by Crippen LogP contribution is 2.29. The summed E-state index contributed by atoms with van der Waals surface area (Å²) in [6.45, 7) is 3.79. The number of Topliss-reactive ketones (excluding diaryl/α,β-unsaturated/α-hetero) is 1. The Morgan fingerprint density at radius 3 is 2.26 bits per heavy atom. The molecule has 144 valence electrons. The molecule has 2 aromatic rings. The van der Waals surface area contributed by atoms with Gasteiger partial charge < -0.3 is 4.90 Å². The number of benzene rings is 2. The summed E-state index contributed by atoms with van der Waals surface area (Å²) < 4.78 is 26.2. The zero-order valence-corrected chi connectivity index (χ0v) is 16.9. The van der Waals surface area contributed by atoms with E-state index in [9.17, 15) is 13.2 Å². The van der Waals surface area contributed by atoms with Crippen LogP contribution < -0.4 is 4.90 Å². The first-order chi connectivity index (χ1) is 12.8. The van der Waals surface area contributed by atoms with E-state index in [1.54, 1.807) is 18.2 Å². The van der Waals surface area contributed by atoms with Gasteiger partial charge in [0.25, 0.3) is 0 Å². The molecule has 0 spiro atoms. The quantitative estimate of drug-likeness (QED) is 0.715. The Kier molecular flexibility index (Phi) is 5.67. The van der Waals surface area contributed by atoms with Gasteiger partial charge in [0.05, 0.1) is 4.90 Å². The smallest absolute Gasteiger partial charge is 0.242 e. The fraction of sp³-hybridized carbons (Fsp3) is 0.381. The molecule has 0 radical (unpaired) electrons. The van der Waals surface area contributed by atoms with Crippen LogP contribution in [0.5, 0.6) is 0 Å². The number of rotatable bonds is 6. The number of anilines is 1. The maximum atomic E-state index is 13.1. The van der Waals surface area contributed by atoms with Crippen molar-refractivity contribution in [3.8, 4) is 0 Å². The second-order valence-electron chi connectivity index (χ2n) is 7.25. The zero-order valence-electron chi connectivity index (χ0n) is 16.1. The number of hydrogen-bond acceptors (Lipinski definition) is 4. The minimum atomic E-state index is -3.59. The summed E-state index contributed by atoms with van der Waals surface area (Å²) >= 11 is 0. The second-order valence-corrected chi connectivity index (χ2v) is 9.40. The normalized spacial score (nSPS) is 14.7. The second kappa shape index (κ2) is 7.82. The van der Waals surface area contributed by atoms with Crippen LogP contribution >= 0.6 is 0 Å². The average Bonchev–Trinajstić information content (AvgIpc) is 3.17. The highest BCUT2D eigenvalue weighted by atomic mass is 32.2. The van der Waals surface area contributed by atoms with Crippen LogP contribution in [0.15, 0.2) is 47.4 Å². The van der Waals surface area contributed by atoms with E-state index >= 15 is 0 Å². The summed E-state index contributed by atoms with van der Waals surface area (Å²) in [6, 6.07) is 12.8. The summed E-state index contributed by atoms with van der Waals surface area (Å²) in [5.41, 5.74) is 3.39. The lowest BCUT2D eigenvalue weighted by molar-refractivity contribution is 0.0993. The third kappa shape index (κ3) is 4.22. The largest absolute Gasteiger partial charge is 0.371 e. The maximum Gasteiger partial charge on any atom is 0.242 e. The van der Waals surface area contributed by atoms with E-state index in [1.165, 1.54) is 18.4 Å². The minimum absolute atomic E-state index is 0.0587. The van der Waals surface area contributed by atoms with Gasteiger partial charge in [-0.1, -0.05) is 29.8 Å². The van der Waals surface area contributed by atoms with Crippen molar-refractivity contribution in [3.05, 3.63) is 59.2 Å². The van der Waals surface area contributed by atoms with Crippen LogP contribution in [-0.4, -0.2) is 45.7 Å². The Morgan fingerprint density at radius 2 is 1.67 bits per heavy atom. The predicted molar refractivity (Wildman–Crippen MR) is 108 cm³/mol. The fourth-order valence-electron chi connectivity index (χ4n) is 3.33. The molecule has 0 unspecified atom stereocenters. The van der Waals surface area contributed by atoms with Crippen LogP contribution in [0.4, 0.5) is 5.69 Å². The molecule has 1 heterocycles. The summed E-state index contributed by atoms with van der Waals surface area (Å²) in [7, 11) is -0.594. The maximum absolute atomic E-state index is 13.1. The lowest BCUT2D eigenvalue weighted by atomic mass is 10.0. The fourth-order valence-corrected chi connectivity index (χ4v) is 4.26. The van der Waals surface area contributed by atoms with E-state index in [0.29, 0.717) is 5.56 Å². The van der Waals surface area contributed by atoms with Gasteiger partial charge in [-0.15, -0.1) is 0 Å². The third-order valence-electron chi connectivity index (χ3n) is 4.98. The molecule has 1 aliphatic rings. The first-order valence-corrected chi connectivity index (χ1v) is 10.6. The average molecular weight is 387 g/mol. The first-order valence-electron chi connectivity index (χ1n) is 9.19.